The zero-order chi connectivity index (χ0) is 37.0. The van der Waals surface area contributed by atoms with Gasteiger partial charge in [0.15, 0.2) is 6.29 Å². The van der Waals surface area contributed by atoms with E-state index in [1.165, 1.54) is 44.9 Å². The number of aliphatic hydroxyl groups excluding tert-OH is 7. The van der Waals surface area contributed by atoms with Gasteiger partial charge < -0.3 is 50.5 Å². The molecule has 0 saturated carbocycles. The Kier molecular flexibility index (Phi) is 27.7. The molecule has 0 spiro atoms. The third kappa shape index (κ3) is 20.4. The lowest BCUT2D eigenvalue weighted by Crippen LogP contribution is -2.60. The Balaban J connectivity index is 2.61. The van der Waals surface area contributed by atoms with Crippen molar-refractivity contribution in [2.45, 2.75) is 191 Å². The van der Waals surface area contributed by atoms with E-state index in [1.807, 2.05) is 19.1 Å². The molecule has 9 atom stereocenters. The van der Waals surface area contributed by atoms with Gasteiger partial charge in [-0.25, -0.2) is 0 Å². The van der Waals surface area contributed by atoms with E-state index in [9.17, 15) is 40.5 Å². The van der Waals surface area contributed by atoms with Crippen molar-refractivity contribution in [1.29, 1.82) is 0 Å². The summed E-state index contributed by atoms with van der Waals surface area (Å²) < 4.78 is 11.0. The van der Waals surface area contributed by atoms with Crippen molar-refractivity contribution in [1.82, 2.24) is 5.32 Å². The van der Waals surface area contributed by atoms with Crippen molar-refractivity contribution in [3.05, 3.63) is 36.5 Å². The highest BCUT2D eigenvalue weighted by Gasteiger charge is 2.44. The number of aliphatic hydroxyl groups is 7. The van der Waals surface area contributed by atoms with Crippen LogP contribution in [0.2, 0.25) is 0 Å². The third-order valence-corrected chi connectivity index (χ3v) is 9.25. The Morgan fingerprint density at radius 1 is 0.720 bits per heavy atom. The van der Waals surface area contributed by atoms with Crippen LogP contribution in [0.15, 0.2) is 36.5 Å². The normalized spacial score (nSPS) is 23.9. The van der Waals surface area contributed by atoms with Gasteiger partial charge in [-0.1, -0.05) is 114 Å². The molecule has 0 bridgehead atoms. The second-order valence-electron chi connectivity index (χ2n) is 13.6. The van der Waals surface area contributed by atoms with Gasteiger partial charge in [0.25, 0.3) is 0 Å². The minimum Gasteiger partial charge on any atom is -0.394 e. The molecule has 0 aromatic rings. The maximum absolute atomic E-state index is 13.0. The third-order valence-electron chi connectivity index (χ3n) is 9.25. The summed E-state index contributed by atoms with van der Waals surface area (Å²) in [6, 6.07) is -1.19. The number of rotatable bonds is 30. The first-order valence-corrected chi connectivity index (χ1v) is 19.4. The van der Waals surface area contributed by atoms with Gasteiger partial charge >= 0.3 is 0 Å². The van der Waals surface area contributed by atoms with E-state index < -0.39 is 74.2 Å². The van der Waals surface area contributed by atoms with Crippen molar-refractivity contribution < 1.29 is 50.0 Å². The van der Waals surface area contributed by atoms with E-state index in [1.54, 1.807) is 0 Å². The fourth-order valence-electron chi connectivity index (χ4n) is 5.95. The Labute approximate surface area is 301 Å². The lowest BCUT2D eigenvalue weighted by molar-refractivity contribution is -0.303. The Morgan fingerprint density at radius 2 is 1.26 bits per heavy atom. The molecule has 11 heteroatoms. The predicted octanol–water partition coefficient (Wildman–Crippen LogP) is 4.49. The summed E-state index contributed by atoms with van der Waals surface area (Å²) >= 11 is 0. The first kappa shape index (κ1) is 46.4. The molecule has 1 rings (SSSR count). The Morgan fingerprint density at radius 3 is 1.82 bits per heavy atom. The average Bonchev–Trinajstić information content (AvgIpc) is 3.11. The van der Waals surface area contributed by atoms with Crippen molar-refractivity contribution >= 4 is 5.91 Å². The number of hydrogen-bond donors (Lipinski definition) is 8. The molecule has 0 radical (unpaired) electrons. The van der Waals surface area contributed by atoms with Crippen LogP contribution < -0.4 is 5.32 Å². The number of carbonyl (C=O) groups excluding carboxylic acids is 1. The quantitative estimate of drug-likeness (QED) is 0.0389. The minimum atomic E-state index is -1.67. The van der Waals surface area contributed by atoms with Gasteiger partial charge in [0.1, 0.15) is 36.6 Å². The summed E-state index contributed by atoms with van der Waals surface area (Å²) in [7, 11) is 0. The van der Waals surface area contributed by atoms with Gasteiger partial charge in [-0.05, 0) is 58.3 Å². The van der Waals surface area contributed by atoms with Crippen molar-refractivity contribution in [3.8, 4) is 0 Å². The molecular formula is C39H71NO10. The highest BCUT2D eigenvalue weighted by molar-refractivity contribution is 5.80. The number of hydrogen-bond acceptors (Lipinski definition) is 10. The predicted molar refractivity (Wildman–Crippen MR) is 196 cm³/mol. The highest BCUT2D eigenvalue weighted by atomic mass is 16.7. The van der Waals surface area contributed by atoms with Crippen molar-refractivity contribution in [2.75, 3.05) is 13.2 Å². The monoisotopic (exact) mass is 714 g/mol. The zero-order valence-electron chi connectivity index (χ0n) is 30.9. The van der Waals surface area contributed by atoms with E-state index in [0.717, 1.165) is 44.9 Å². The van der Waals surface area contributed by atoms with Crippen LogP contribution in [0.4, 0.5) is 0 Å². The number of carbonyl (C=O) groups is 1. The number of nitrogens with one attached hydrogen (secondary N) is 1. The zero-order valence-corrected chi connectivity index (χ0v) is 30.9. The molecule has 1 heterocycles. The summed E-state index contributed by atoms with van der Waals surface area (Å²) in [5.41, 5.74) is 0. The van der Waals surface area contributed by atoms with Gasteiger partial charge in [-0.3, -0.25) is 4.79 Å². The number of ether oxygens (including phenoxy) is 2. The van der Waals surface area contributed by atoms with Gasteiger partial charge in [0.2, 0.25) is 5.91 Å². The summed E-state index contributed by atoms with van der Waals surface area (Å²) in [6.07, 6.45) is 19.4. The van der Waals surface area contributed by atoms with Crippen molar-refractivity contribution in [2.24, 2.45) is 0 Å². The molecular weight excluding hydrogens is 642 g/mol. The molecule has 292 valence electrons. The van der Waals surface area contributed by atoms with Crippen LogP contribution >= 0.6 is 0 Å². The lowest BCUT2D eigenvalue weighted by Gasteiger charge is -2.40. The number of unbranched alkanes of at least 4 members (excludes halogenated alkanes) is 13. The Hall–Kier alpha value is -1.67. The molecule has 8 N–H and O–H groups in total. The van der Waals surface area contributed by atoms with Gasteiger partial charge in [-0.15, -0.1) is 0 Å². The summed E-state index contributed by atoms with van der Waals surface area (Å²) in [4.78, 5) is 13.0. The largest absolute Gasteiger partial charge is 0.394 e. The fraction of sp³-hybridized carbons (Fsp3) is 0.821. The first-order valence-electron chi connectivity index (χ1n) is 19.4. The minimum absolute atomic E-state index is 0.240. The average molecular weight is 714 g/mol. The maximum Gasteiger partial charge on any atom is 0.249 e. The molecule has 1 amide bonds. The molecule has 1 aliphatic heterocycles. The van der Waals surface area contributed by atoms with E-state index >= 15 is 0 Å². The molecule has 11 nitrogen and oxygen atoms in total. The molecule has 0 aromatic carbocycles. The smallest absolute Gasteiger partial charge is 0.249 e. The number of allylic oxidation sites excluding steroid dienone is 6. The van der Waals surface area contributed by atoms with Crippen LogP contribution in [0.1, 0.15) is 136 Å². The van der Waals surface area contributed by atoms with Gasteiger partial charge in [-0.2, -0.15) is 0 Å². The number of amides is 1. The van der Waals surface area contributed by atoms with Crippen molar-refractivity contribution in [3.63, 3.8) is 0 Å². The van der Waals surface area contributed by atoms with Crippen LogP contribution in [-0.4, -0.2) is 110 Å². The lowest BCUT2D eigenvalue weighted by atomic mass is 9.98. The SMILES string of the molecule is C/C=C/CC/C=C/CC/C=C/CCCC(O)C(O)C(COC1OC(CO)C(O)C(O)C1O)NC(=O)C(O)CCCCCCCCCCCCC. The molecule has 1 aliphatic rings. The van der Waals surface area contributed by atoms with E-state index in [2.05, 4.69) is 36.5 Å². The standard InChI is InChI=1S/C39H71NO10/c1-3-5-7-9-11-13-15-17-18-20-22-24-26-31(42)34(44)30(29-49-39-37(47)36(46)35(45)33(28-41)50-39)40-38(48)32(43)27-25-23-21-19-16-14-12-10-8-6-4-2/h3,5,11,13,18,20,30-37,39,41-47H,4,6-10,12,14-17,19,21-29H2,1-2H3,(H,40,48)/b5-3+,13-11+,20-18+. The van der Waals surface area contributed by atoms with E-state index in [0.29, 0.717) is 19.3 Å². The molecule has 9 unspecified atom stereocenters. The molecule has 1 fully saturated rings. The molecule has 1 saturated heterocycles. The molecule has 50 heavy (non-hydrogen) atoms. The second kappa shape index (κ2) is 29.9. The first-order chi connectivity index (χ1) is 24.2. The summed E-state index contributed by atoms with van der Waals surface area (Å²) in [5, 5.41) is 75.1. The van der Waals surface area contributed by atoms with E-state index in [-0.39, 0.29) is 12.8 Å². The highest BCUT2D eigenvalue weighted by Crippen LogP contribution is 2.23. The van der Waals surface area contributed by atoms with Crippen LogP contribution in [0.5, 0.6) is 0 Å². The second-order valence-corrected chi connectivity index (χ2v) is 13.6. The van der Waals surface area contributed by atoms with Crippen LogP contribution in [0, 0.1) is 0 Å². The molecule has 0 aliphatic carbocycles. The maximum atomic E-state index is 13.0. The topological polar surface area (TPSA) is 189 Å². The Bertz CT molecular complexity index is 913. The van der Waals surface area contributed by atoms with E-state index in [4.69, 9.17) is 9.47 Å². The van der Waals surface area contributed by atoms with Gasteiger partial charge in [0, 0.05) is 0 Å². The van der Waals surface area contributed by atoms with Gasteiger partial charge in [0.05, 0.1) is 25.4 Å². The van der Waals surface area contributed by atoms with Crippen LogP contribution in [0.25, 0.3) is 0 Å². The molecule has 0 aromatic heterocycles. The van der Waals surface area contributed by atoms with Crippen LogP contribution in [0.3, 0.4) is 0 Å². The summed E-state index contributed by atoms with van der Waals surface area (Å²) in [6.45, 7) is 3.14. The fourth-order valence-corrected chi connectivity index (χ4v) is 5.95. The summed E-state index contributed by atoms with van der Waals surface area (Å²) in [5.74, 6) is -0.718. The van der Waals surface area contributed by atoms with Crippen LogP contribution in [-0.2, 0) is 14.3 Å².